The second-order valence-corrected chi connectivity index (χ2v) is 3.79. The number of benzene rings is 2. The first kappa shape index (κ1) is 12.1. The Hall–Kier alpha value is -2.41. The highest BCUT2D eigenvalue weighted by molar-refractivity contribution is 5.94. The molecule has 2 aromatic carbocycles. The minimum atomic E-state index is -2.78. The fourth-order valence-electron chi connectivity index (χ4n) is 1.88. The van der Waals surface area contributed by atoms with Gasteiger partial charge < -0.3 is 4.74 Å². The number of methoxy groups -OCH3 is 1. The van der Waals surface area contributed by atoms with Crippen LogP contribution in [0, 0.1) is 11.3 Å². The molecule has 90 valence electrons. The molecule has 0 amide bonds. The van der Waals surface area contributed by atoms with Crippen LogP contribution in [0.15, 0.2) is 42.5 Å². The van der Waals surface area contributed by atoms with E-state index in [9.17, 15) is 9.18 Å². The summed E-state index contributed by atoms with van der Waals surface area (Å²) in [6, 6.07) is 13.2. The van der Waals surface area contributed by atoms with Gasteiger partial charge in [0.15, 0.2) is 0 Å². The Morgan fingerprint density at radius 2 is 1.94 bits per heavy atom. The summed E-state index contributed by atoms with van der Waals surface area (Å²) in [7, 11) is 1.05. The van der Waals surface area contributed by atoms with Gasteiger partial charge in [0.2, 0.25) is 0 Å². The van der Waals surface area contributed by atoms with Crippen LogP contribution in [0.4, 0.5) is 4.39 Å². The topological polar surface area (TPSA) is 50.1 Å². The average Bonchev–Trinajstić information content (AvgIpc) is 2.45. The molecule has 1 atom stereocenters. The van der Waals surface area contributed by atoms with Gasteiger partial charge in [-0.1, -0.05) is 42.5 Å². The molecule has 0 spiro atoms. The number of hydrogen-bond donors (Lipinski definition) is 0. The summed E-state index contributed by atoms with van der Waals surface area (Å²) in [6.45, 7) is 0. The van der Waals surface area contributed by atoms with E-state index in [1.807, 2.05) is 0 Å². The zero-order valence-electron chi connectivity index (χ0n) is 9.68. The standard InChI is InChI=1S/C14H10FNO2/c1-18-13(17)14(15,9-16)12-8-4-6-10-5-2-3-7-11(10)12/h2-8H,1H3. The van der Waals surface area contributed by atoms with Gasteiger partial charge in [0.1, 0.15) is 6.07 Å². The number of carbonyl (C=O) groups excluding carboxylic acids is 1. The van der Waals surface area contributed by atoms with Gasteiger partial charge in [-0.05, 0) is 10.8 Å². The molecule has 0 aliphatic heterocycles. The van der Waals surface area contributed by atoms with Crippen molar-refractivity contribution in [3.63, 3.8) is 0 Å². The van der Waals surface area contributed by atoms with Gasteiger partial charge in [0.25, 0.3) is 0 Å². The predicted octanol–water partition coefficient (Wildman–Crippen LogP) is 2.70. The number of carbonyl (C=O) groups is 1. The zero-order chi connectivity index (χ0) is 13.2. The van der Waals surface area contributed by atoms with Crippen molar-refractivity contribution >= 4 is 16.7 Å². The Balaban J connectivity index is 2.74. The summed E-state index contributed by atoms with van der Waals surface area (Å²) < 4.78 is 18.9. The lowest BCUT2D eigenvalue weighted by atomic mass is 9.92. The summed E-state index contributed by atoms with van der Waals surface area (Å²) in [5, 5.41) is 10.3. The molecule has 2 rings (SSSR count). The molecule has 0 aromatic heterocycles. The Labute approximate surface area is 103 Å². The first-order chi connectivity index (χ1) is 8.63. The number of halogens is 1. The Bertz CT molecular complexity index is 642. The molecule has 0 fully saturated rings. The van der Waals surface area contributed by atoms with Crippen LogP contribution in [0.2, 0.25) is 0 Å². The maximum atomic E-state index is 14.5. The number of ether oxygens (including phenoxy) is 1. The molecular weight excluding hydrogens is 233 g/mol. The van der Waals surface area contributed by atoms with Crippen LogP contribution in [0.3, 0.4) is 0 Å². The largest absolute Gasteiger partial charge is 0.466 e. The van der Waals surface area contributed by atoms with E-state index in [0.29, 0.717) is 5.39 Å². The summed E-state index contributed by atoms with van der Waals surface area (Å²) in [6.07, 6.45) is 0. The van der Waals surface area contributed by atoms with Crippen molar-refractivity contribution in [2.45, 2.75) is 5.67 Å². The lowest BCUT2D eigenvalue weighted by molar-refractivity contribution is -0.151. The number of alkyl halides is 1. The Morgan fingerprint density at radius 1 is 1.28 bits per heavy atom. The maximum absolute atomic E-state index is 14.5. The molecule has 1 unspecified atom stereocenters. The molecule has 0 radical (unpaired) electrons. The first-order valence-electron chi connectivity index (χ1n) is 5.30. The van der Waals surface area contributed by atoms with E-state index < -0.39 is 11.6 Å². The van der Waals surface area contributed by atoms with Crippen LogP contribution in [0.5, 0.6) is 0 Å². The van der Waals surface area contributed by atoms with Gasteiger partial charge in [-0.25, -0.2) is 9.18 Å². The van der Waals surface area contributed by atoms with Gasteiger partial charge in [-0.3, -0.25) is 0 Å². The minimum Gasteiger partial charge on any atom is -0.466 e. The van der Waals surface area contributed by atoms with Crippen molar-refractivity contribution in [3.05, 3.63) is 48.0 Å². The summed E-state index contributed by atoms with van der Waals surface area (Å²) in [5.41, 5.74) is -2.77. The molecule has 0 bridgehead atoms. The number of fused-ring (bicyclic) bond motifs is 1. The van der Waals surface area contributed by atoms with Crippen LogP contribution in [-0.2, 0) is 15.2 Å². The normalized spacial score (nSPS) is 13.6. The Kier molecular flexibility index (Phi) is 2.99. The lowest BCUT2D eigenvalue weighted by Gasteiger charge is -2.17. The number of hydrogen-bond acceptors (Lipinski definition) is 3. The van der Waals surface area contributed by atoms with Crippen LogP contribution >= 0.6 is 0 Å². The van der Waals surface area contributed by atoms with E-state index in [1.54, 1.807) is 36.4 Å². The molecule has 0 heterocycles. The third kappa shape index (κ3) is 1.70. The van der Waals surface area contributed by atoms with E-state index in [1.165, 1.54) is 12.1 Å². The van der Waals surface area contributed by atoms with Crippen molar-refractivity contribution in [2.24, 2.45) is 0 Å². The number of esters is 1. The third-order valence-corrected chi connectivity index (χ3v) is 2.78. The zero-order valence-corrected chi connectivity index (χ0v) is 9.68. The van der Waals surface area contributed by atoms with Crippen LogP contribution < -0.4 is 0 Å². The number of nitriles is 1. The SMILES string of the molecule is COC(=O)C(F)(C#N)c1cccc2ccccc12. The van der Waals surface area contributed by atoms with Gasteiger partial charge >= 0.3 is 11.6 Å². The van der Waals surface area contributed by atoms with Crippen molar-refractivity contribution in [1.82, 2.24) is 0 Å². The minimum absolute atomic E-state index is 0.00921. The highest BCUT2D eigenvalue weighted by atomic mass is 19.1. The number of nitrogens with zero attached hydrogens (tertiary/aromatic N) is 1. The van der Waals surface area contributed by atoms with E-state index in [2.05, 4.69) is 4.74 Å². The van der Waals surface area contributed by atoms with Gasteiger partial charge in [-0.2, -0.15) is 5.26 Å². The van der Waals surface area contributed by atoms with Gasteiger partial charge in [0, 0.05) is 5.56 Å². The smallest absolute Gasteiger partial charge is 0.363 e. The highest BCUT2D eigenvalue weighted by Gasteiger charge is 2.43. The molecule has 2 aromatic rings. The fraction of sp³-hybridized carbons (Fsp3) is 0.143. The van der Waals surface area contributed by atoms with Gasteiger partial charge in [-0.15, -0.1) is 0 Å². The molecule has 0 saturated carbocycles. The molecule has 0 N–H and O–H groups in total. The maximum Gasteiger partial charge on any atom is 0.363 e. The van der Waals surface area contributed by atoms with Crippen molar-refractivity contribution in [3.8, 4) is 6.07 Å². The summed E-state index contributed by atoms with van der Waals surface area (Å²) in [4.78, 5) is 11.5. The monoisotopic (exact) mass is 243 g/mol. The number of rotatable bonds is 2. The molecule has 4 heteroatoms. The van der Waals surface area contributed by atoms with E-state index in [-0.39, 0.29) is 5.56 Å². The summed E-state index contributed by atoms with van der Waals surface area (Å²) >= 11 is 0. The molecule has 3 nitrogen and oxygen atoms in total. The summed E-state index contributed by atoms with van der Waals surface area (Å²) in [5.74, 6) is -1.21. The van der Waals surface area contributed by atoms with Crippen molar-refractivity contribution in [1.29, 1.82) is 5.26 Å². The van der Waals surface area contributed by atoms with Crippen molar-refractivity contribution < 1.29 is 13.9 Å². The lowest BCUT2D eigenvalue weighted by Crippen LogP contribution is -2.30. The predicted molar refractivity (Wildman–Crippen MR) is 64.4 cm³/mol. The average molecular weight is 243 g/mol. The van der Waals surface area contributed by atoms with E-state index >= 15 is 0 Å². The second kappa shape index (κ2) is 4.46. The van der Waals surface area contributed by atoms with Crippen molar-refractivity contribution in [2.75, 3.05) is 7.11 Å². The van der Waals surface area contributed by atoms with Crippen LogP contribution in [-0.4, -0.2) is 13.1 Å². The van der Waals surface area contributed by atoms with Crippen LogP contribution in [0.25, 0.3) is 10.8 Å². The van der Waals surface area contributed by atoms with Gasteiger partial charge in [0.05, 0.1) is 7.11 Å². The van der Waals surface area contributed by atoms with E-state index in [4.69, 9.17) is 5.26 Å². The Morgan fingerprint density at radius 3 is 2.61 bits per heavy atom. The van der Waals surface area contributed by atoms with Crippen LogP contribution in [0.1, 0.15) is 5.56 Å². The molecule has 0 saturated heterocycles. The molecule has 18 heavy (non-hydrogen) atoms. The third-order valence-electron chi connectivity index (χ3n) is 2.78. The second-order valence-electron chi connectivity index (χ2n) is 3.79. The molecular formula is C14H10FNO2. The van der Waals surface area contributed by atoms with E-state index in [0.717, 1.165) is 12.5 Å². The highest BCUT2D eigenvalue weighted by Crippen LogP contribution is 2.32. The fourth-order valence-corrected chi connectivity index (χ4v) is 1.88. The molecule has 0 aliphatic rings. The molecule has 0 aliphatic carbocycles. The quantitative estimate of drug-likeness (QED) is 0.762. The first-order valence-corrected chi connectivity index (χ1v) is 5.30.